The Morgan fingerprint density at radius 2 is 0.609 bits per heavy atom. The Morgan fingerprint density at radius 3 is 0.826 bits per heavy atom. The normalized spacial score (nSPS) is 11.4. The van der Waals surface area contributed by atoms with Crippen LogP contribution in [0.3, 0.4) is 0 Å². The Balaban J connectivity index is 0.00000642. The molecule has 17 heteroatoms. The molecule has 0 saturated heterocycles. The van der Waals surface area contributed by atoms with Gasteiger partial charge in [-0.2, -0.15) is 0 Å². The Kier molecular flexibility index (Phi) is 13.7. The molecular formula is C52H38FeN4O12. The minimum absolute atomic E-state index is 0. The number of carbonyl (C=O) groups is 4. The van der Waals surface area contributed by atoms with Gasteiger partial charge >= 0.3 is 23.9 Å². The van der Waals surface area contributed by atoms with Gasteiger partial charge < -0.3 is 49.3 Å². The summed E-state index contributed by atoms with van der Waals surface area (Å²) in [6.45, 7) is -2.22. The van der Waals surface area contributed by atoms with Gasteiger partial charge in [-0.3, -0.25) is 0 Å². The molecule has 0 fully saturated rings. The fraction of sp³-hybridized carbons (Fsp3) is 0.0769. The van der Waals surface area contributed by atoms with Crippen molar-refractivity contribution in [3.63, 3.8) is 0 Å². The molecule has 8 bridgehead atoms. The number of benzene rings is 4. The molecule has 4 aromatic carbocycles. The Bertz CT molecular complexity index is 2980. The predicted octanol–water partition coefficient (Wildman–Crippen LogP) is 9.17. The molecule has 5 heterocycles. The molecule has 0 aliphatic carbocycles. The van der Waals surface area contributed by atoms with E-state index in [1.807, 2.05) is 72.8 Å². The van der Waals surface area contributed by atoms with Gasteiger partial charge in [-0.05, 0) is 119 Å². The number of nitrogens with zero attached hydrogens (tertiary/aromatic N) is 2. The third-order valence-corrected chi connectivity index (χ3v) is 10.7. The van der Waals surface area contributed by atoms with Crippen LogP contribution in [0.2, 0.25) is 0 Å². The number of rotatable bonds is 16. The molecule has 3 aromatic heterocycles. The zero-order valence-corrected chi connectivity index (χ0v) is 37.1. The number of hydrogen-bond donors (Lipinski definition) is 6. The van der Waals surface area contributed by atoms with Crippen LogP contribution in [0.1, 0.15) is 22.8 Å². The van der Waals surface area contributed by atoms with Crippen LogP contribution < -0.4 is 18.9 Å². The van der Waals surface area contributed by atoms with E-state index < -0.39 is 50.3 Å². The second-order valence-corrected chi connectivity index (χ2v) is 15.3. The Labute approximate surface area is 402 Å². The van der Waals surface area contributed by atoms with Gasteiger partial charge in [0.1, 0.15) is 23.0 Å². The maximum atomic E-state index is 11.5. The van der Waals surface area contributed by atoms with Crippen LogP contribution in [0.25, 0.3) is 90.9 Å². The summed E-state index contributed by atoms with van der Waals surface area (Å²) in [5.74, 6) is -3.27. The van der Waals surface area contributed by atoms with Gasteiger partial charge in [0.15, 0.2) is 26.4 Å². The molecule has 6 N–H and O–H groups in total. The van der Waals surface area contributed by atoms with Crippen molar-refractivity contribution in [3.8, 4) is 67.5 Å². The molecule has 69 heavy (non-hydrogen) atoms. The van der Waals surface area contributed by atoms with Crippen molar-refractivity contribution in [2.24, 2.45) is 0 Å². The third kappa shape index (κ3) is 10.5. The van der Waals surface area contributed by atoms with Gasteiger partial charge in [-0.25, -0.2) is 29.1 Å². The number of nitrogens with one attached hydrogen (secondary N) is 2. The number of aliphatic carboxylic acids is 4. The predicted molar refractivity (Wildman–Crippen MR) is 253 cm³/mol. The van der Waals surface area contributed by atoms with Crippen LogP contribution in [0, 0.1) is 0 Å². The number of H-pyrrole nitrogens is 2. The molecule has 2 aliphatic heterocycles. The molecule has 2 aliphatic rings. The van der Waals surface area contributed by atoms with E-state index in [0.29, 0.717) is 112 Å². The van der Waals surface area contributed by atoms with Crippen molar-refractivity contribution < 1.29 is 75.6 Å². The van der Waals surface area contributed by atoms with Crippen molar-refractivity contribution in [2.45, 2.75) is 0 Å². The molecule has 16 nitrogen and oxygen atoms in total. The van der Waals surface area contributed by atoms with Gasteiger partial charge in [0.2, 0.25) is 0 Å². The van der Waals surface area contributed by atoms with Crippen LogP contribution >= 0.6 is 0 Å². The molecule has 0 unspecified atom stereocenters. The summed E-state index contributed by atoms with van der Waals surface area (Å²) in [6, 6.07) is 35.6. The van der Waals surface area contributed by atoms with Gasteiger partial charge in [-0.1, -0.05) is 48.5 Å². The number of carboxylic acid groups (broad SMARTS) is 4. The van der Waals surface area contributed by atoms with Crippen molar-refractivity contribution >= 4 is 70.2 Å². The van der Waals surface area contributed by atoms with E-state index in [-0.39, 0.29) is 17.1 Å². The van der Waals surface area contributed by atoms with Gasteiger partial charge in [0.05, 0.1) is 22.8 Å². The second kappa shape index (κ2) is 20.3. The van der Waals surface area contributed by atoms with E-state index in [4.69, 9.17) is 28.9 Å². The zero-order valence-electron chi connectivity index (χ0n) is 36.0. The summed E-state index contributed by atoms with van der Waals surface area (Å²) >= 11 is 0. The molecule has 0 atom stereocenters. The summed E-state index contributed by atoms with van der Waals surface area (Å²) in [7, 11) is 0. The quantitative estimate of drug-likeness (QED) is 0.0495. The molecular weight excluding hydrogens is 928 g/mol. The van der Waals surface area contributed by atoms with E-state index in [1.165, 1.54) is 0 Å². The fourth-order valence-corrected chi connectivity index (χ4v) is 7.97. The molecule has 9 rings (SSSR count). The number of aromatic amines is 2. The average Bonchev–Trinajstić information content (AvgIpc) is 4.18. The summed E-state index contributed by atoms with van der Waals surface area (Å²) in [5, 5.41) is 37.6. The van der Waals surface area contributed by atoms with E-state index in [2.05, 4.69) is 9.97 Å². The summed E-state index contributed by atoms with van der Waals surface area (Å²) < 4.78 is 22.5. The van der Waals surface area contributed by atoms with Gasteiger partial charge in [0, 0.05) is 61.4 Å². The van der Waals surface area contributed by atoms with Crippen molar-refractivity contribution in [3.05, 3.63) is 144 Å². The number of hydrogen-bond acceptors (Lipinski definition) is 10. The number of carboxylic acids is 4. The molecule has 0 spiro atoms. The number of aromatic nitrogens is 4. The standard InChI is InChI=1S/C52H38N4O12.Fe/c57-45(58)25-65-33-9-1-5-29(21-33)49-37-13-15-39(53-37)50(30-6-2-10-34(22-30)66-26-46(59)60)41-17-19-43(55-41)52(32-8-4-12-36(24-32)68-28-48(63)64)44-20-18-42(56-44)51(40-16-14-38(49)54-40)31-7-3-11-35(23-31)67-27-47(61)62;/h1-24,53,56H,25-28H2,(H,57,58)(H,59,60)(H,61,62)(H,63,64);. The smallest absolute Gasteiger partial charge is 0.341 e. The van der Waals surface area contributed by atoms with Crippen molar-refractivity contribution in [1.29, 1.82) is 0 Å². The molecule has 0 radical (unpaired) electrons. The first-order chi connectivity index (χ1) is 32.9. The Hall–Kier alpha value is -8.92. The fourth-order valence-electron chi connectivity index (χ4n) is 7.97. The maximum Gasteiger partial charge on any atom is 0.341 e. The van der Waals surface area contributed by atoms with E-state index in [0.717, 1.165) is 0 Å². The largest absolute Gasteiger partial charge is 0.482 e. The minimum Gasteiger partial charge on any atom is -0.482 e. The van der Waals surface area contributed by atoms with Crippen LogP contribution in [0.4, 0.5) is 0 Å². The topological polar surface area (TPSA) is 243 Å². The Morgan fingerprint density at radius 1 is 0.377 bits per heavy atom. The monoisotopic (exact) mass is 966 g/mol. The summed E-state index contributed by atoms with van der Waals surface area (Å²) in [6.07, 6.45) is 7.45. The van der Waals surface area contributed by atoms with Crippen LogP contribution in [-0.4, -0.2) is 90.7 Å². The van der Waals surface area contributed by atoms with E-state index in [9.17, 15) is 39.6 Å². The summed E-state index contributed by atoms with van der Waals surface area (Å²) in [5.41, 5.74) is 9.72. The first-order valence-corrected chi connectivity index (χ1v) is 20.9. The van der Waals surface area contributed by atoms with Gasteiger partial charge in [-0.15, -0.1) is 0 Å². The second-order valence-electron chi connectivity index (χ2n) is 15.3. The first-order valence-electron chi connectivity index (χ1n) is 20.9. The zero-order chi connectivity index (χ0) is 47.3. The number of ether oxygens (including phenoxy) is 4. The summed E-state index contributed by atoms with van der Waals surface area (Å²) in [4.78, 5) is 63.7. The van der Waals surface area contributed by atoms with E-state index >= 15 is 0 Å². The molecule has 0 saturated carbocycles. The maximum absolute atomic E-state index is 11.5. The first kappa shape index (κ1) is 46.6. The van der Waals surface area contributed by atoms with Crippen LogP contribution in [0.5, 0.6) is 23.0 Å². The SMILES string of the molecule is O=C(O)COc1cccc(-c2c3nc(c(-c4cccc(OCC(=O)O)c4)c4ccc([nH]4)c(-c4cccc(OCC(=O)O)c4)c4nc(c(-c5cccc(OCC(=O)O)c5)c5ccc2[nH]5)C=C4)C=C3)c1.[Fe]. The third-order valence-electron chi connectivity index (χ3n) is 10.7. The van der Waals surface area contributed by atoms with Crippen LogP contribution in [0.15, 0.2) is 121 Å². The molecule has 7 aromatic rings. The van der Waals surface area contributed by atoms with Gasteiger partial charge in [0.25, 0.3) is 0 Å². The molecule has 346 valence electrons. The van der Waals surface area contributed by atoms with E-state index in [1.54, 1.807) is 72.8 Å². The minimum atomic E-state index is -1.13. The van der Waals surface area contributed by atoms with Crippen molar-refractivity contribution in [1.82, 2.24) is 19.9 Å². The van der Waals surface area contributed by atoms with Crippen molar-refractivity contribution in [2.75, 3.05) is 26.4 Å². The number of fused-ring (bicyclic) bond motifs is 8. The van der Waals surface area contributed by atoms with Crippen LogP contribution in [-0.2, 0) is 36.2 Å². The average molecular weight is 967 g/mol. The molecule has 0 amide bonds.